The second-order valence-electron chi connectivity index (χ2n) is 17.6. The van der Waals surface area contributed by atoms with E-state index in [1.807, 2.05) is 0 Å². The number of amides is 10. The second kappa shape index (κ2) is 27.5. The molecular formula is C45H64N14O11S2. The Kier molecular flexibility index (Phi) is 21.9. The van der Waals surface area contributed by atoms with Gasteiger partial charge in [0.1, 0.15) is 47.5 Å². The summed E-state index contributed by atoms with van der Waals surface area (Å²) in [5.74, 6) is -8.96. The number of hydrogen-bond donors (Lipinski definition) is 13. The van der Waals surface area contributed by atoms with Gasteiger partial charge in [0.15, 0.2) is 5.96 Å². The summed E-state index contributed by atoms with van der Waals surface area (Å²) in [4.78, 5) is 141. The van der Waals surface area contributed by atoms with Gasteiger partial charge < -0.3 is 75.9 Å². The van der Waals surface area contributed by atoms with Crippen LogP contribution < -0.4 is 65.9 Å². The summed E-state index contributed by atoms with van der Waals surface area (Å²) in [6, 6.07) is 5.14. The van der Waals surface area contributed by atoms with Crippen LogP contribution in [-0.4, -0.2) is 154 Å². The summed E-state index contributed by atoms with van der Waals surface area (Å²) in [6.45, 7) is 2.26. The Morgan fingerprint density at radius 2 is 1.40 bits per heavy atom. The zero-order valence-corrected chi connectivity index (χ0v) is 41.5. The van der Waals surface area contributed by atoms with Crippen molar-refractivity contribution >= 4 is 86.6 Å². The van der Waals surface area contributed by atoms with E-state index in [1.165, 1.54) is 30.9 Å². The second-order valence-corrected chi connectivity index (χ2v) is 20.2. The quantitative estimate of drug-likeness (QED) is 0.0328. The number of nitrogens with one attached hydrogen (secondary N) is 7. The minimum atomic E-state index is -1.84. The third kappa shape index (κ3) is 18.2. The van der Waals surface area contributed by atoms with Gasteiger partial charge in [-0.2, -0.15) is 0 Å². The van der Waals surface area contributed by atoms with E-state index in [0.29, 0.717) is 17.5 Å². The smallest absolute Gasteiger partial charge is 0.246 e. The summed E-state index contributed by atoms with van der Waals surface area (Å²) in [5, 5.41) is 27.9. The molecule has 72 heavy (non-hydrogen) atoms. The Hall–Kier alpha value is -7.13. The lowest BCUT2D eigenvalue weighted by Crippen LogP contribution is -2.64. The first kappa shape index (κ1) is 57.4. The van der Waals surface area contributed by atoms with Gasteiger partial charge in [-0.15, -0.1) is 0 Å². The van der Waals surface area contributed by atoms with Gasteiger partial charge >= 0.3 is 0 Å². The highest BCUT2D eigenvalue weighted by molar-refractivity contribution is 8.76. The monoisotopic (exact) mass is 1040 g/mol. The molecule has 2 aliphatic rings. The molecule has 0 spiro atoms. The van der Waals surface area contributed by atoms with E-state index in [2.05, 4.69) is 42.2 Å². The van der Waals surface area contributed by atoms with Crippen LogP contribution in [0.25, 0.3) is 0 Å². The molecule has 7 atom stereocenters. The average Bonchev–Trinajstić information content (AvgIpc) is 3.82. The molecule has 2 aromatic rings. The van der Waals surface area contributed by atoms with E-state index in [4.69, 9.17) is 28.7 Å². The number of benzene rings is 2. The number of hydrogen-bond acceptors (Lipinski definition) is 15. The number of aromatic hydroxyl groups is 1. The largest absolute Gasteiger partial charge is 0.508 e. The molecule has 4 rings (SSSR count). The minimum absolute atomic E-state index is 0.0223. The molecule has 18 N–H and O–H groups in total. The maximum atomic E-state index is 14.5. The number of rotatable bonds is 16. The van der Waals surface area contributed by atoms with Gasteiger partial charge in [-0.25, -0.2) is 0 Å². The molecule has 0 bridgehead atoms. The van der Waals surface area contributed by atoms with Crippen LogP contribution in [0.15, 0.2) is 59.6 Å². The number of primary amides is 2. The zero-order valence-electron chi connectivity index (χ0n) is 39.9. The van der Waals surface area contributed by atoms with Gasteiger partial charge in [-0.1, -0.05) is 64.1 Å². The van der Waals surface area contributed by atoms with Crippen molar-refractivity contribution in [1.29, 1.82) is 0 Å². The molecule has 0 radical (unpaired) electrons. The lowest BCUT2D eigenvalue weighted by atomic mass is 9.99. The summed E-state index contributed by atoms with van der Waals surface area (Å²) >= 11 is 0. The minimum Gasteiger partial charge on any atom is -0.508 e. The van der Waals surface area contributed by atoms with Crippen molar-refractivity contribution in [3.05, 3.63) is 65.7 Å². The number of nitrogens with two attached hydrogens (primary N) is 5. The van der Waals surface area contributed by atoms with Crippen LogP contribution in [0.4, 0.5) is 0 Å². The SMILES string of the molecule is CC1(C)NC(=O)[C@H](Cc2ccccc2)NC(=O)C(Cc2ccc(O)cc2)NC(=O)[C@@H](N)CSSC[C@@H](C(=O)N2CCC[C@H]2C(=O)N[C@@H](CCCN=C(N)N)C(=O)NCC(N)=O)NC(=O)C(CC(N)=O)NC1=O. The van der Waals surface area contributed by atoms with Crippen molar-refractivity contribution in [2.24, 2.45) is 33.7 Å². The number of nitrogens with zero attached hydrogens (tertiary/aromatic N) is 2. The summed E-state index contributed by atoms with van der Waals surface area (Å²) in [5.41, 5.74) is 27.2. The van der Waals surface area contributed by atoms with Crippen LogP contribution in [-0.2, 0) is 60.8 Å². The first-order valence-corrected chi connectivity index (χ1v) is 25.4. The van der Waals surface area contributed by atoms with Gasteiger partial charge in [0.05, 0.1) is 19.0 Å². The summed E-state index contributed by atoms with van der Waals surface area (Å²) in [6.07, 6.45) is -0.187. The molecule has 2 unspecified atom stereocenters. The number of phenols is 1. The first-order chi connectivity index (χ1) is 34.0. The van der Waals surface area contributed by atoms with E-state index in [9.17, 15) is 53.1 Å². The fraction of sp³-hybridized carbons (Fsp3) is 0.489. The van der Waals surface area contributed by atoms with E-state index < -0.39 is 120 Å². The van der Waals surface area contributed by atoms with Crippen molar-refractivity contribution in [2.45, 2.75) is 107 Å². The van der Waals surface area contributed by atoms with Gasteiger partial charge in [-0.3, -0.25) is 52.9 Å². The van der Waals surface area contributed by atoms with Crippen molar-refractivity contribution in [3.63, 3.8) is 0 Å². The molecule has 27 heteroatoms. The Balaban J connectivity index is 1.67. The fourth-order valence-electron chi connectivity index (χ4n) is 7.49. The molecule has 2 fully saturated rings. The lowest BCUT2D eigenvalue weighted by molar-refractivity contribution is -0.142. The predicted molar refractivity (Wildman–Crippen MR) is 267 cm³/mol. The molecule has 10 amide bonds. The Labute approximate surface area is 423 Å². The Morgan fingerprint density at radius 1 is 0.792 bits per heavy atom. The molecule has 0 saturated carbocycles. The first-order valence-electron chi connectivity index (χ1n) is 22.9. The Bertz CT molecular complexity index is 2320. The lowest BCUT2D eigenvalue weighted by Gasteiger charge is -2.32. The molecule has 2 heterocycles. The van der Waals surface area contributed by atoms with E-state index in [1.54, 1.807) is 42.5 Å². The maximum absolute atomic E-state index is 14.5. The maximum Gasteiger partial charge on any atom is 0.246 e. The van der Waals surface area contributed by atoms with Gasteiger partial charge in [0.2, 0.25) is 59.1 Å². The fourth-order valence-corrected chi connectivity index (χ4v) is 9.77. The number of aliphatic imine (C=N–C) groups is 1. The Morgan fingerprint density at radius 3 is 2.04 bits per heavy atom. The predicted octanol–water partition coefficient (Wildman–Crippen LogP) is -4.26. The average molecular weight is 1040 g/mol. The van der Waals surface area contributed by atoms with E-state index in [-0.39, 0.29) is 68.4 Å². The van der Waals surface area contributed by atoms with Gasteiger partial charge in [0, 0.05) is 37.4 Å². The third-order valence-corrected chi connectivity index (χ3v) is 13.8. The number of guanidine groups is 1. The van der Waals surface area contributed by atoms with Crippen LogP contribution in [0, 0.1) is 0 Å². The molecule has 0 aromatic heterocycles. The summed E-state index contributed by atoms with van der Waals surface area (Å²) in [7, 11) is 2.06. The van der Waals surface area contributed by atoms with Crippen molar-refractivity contribution in [1.82, 2.24) is 42.1 Å². The van der Waals surface area contributed by atoms with E-state index >= 15 is 0 Å². The van der Waals surface area contributed by atoms with Crippen LogP contribution in [0.3, 0.4) is 0 Å². The molecule has 0 aliphatic carbocycles. The number of phenolic OH excluding ortho intramolecular Hbond substituents is 1. The van der Waals surface area contributed by atoms with Crippen molar-refractivity contribution in [3.8, 4) is 5.75 Å². The number of carbonyl (C=O) groups is 10. The highest BCUT2D eigenvalue weighted by Crippen LogP contribution is 2.26. The number of likely N-dealkylation sites (tertiary alicyclic amines) is 1. The highest BCUT2D eigenvalue weighted by atomic mass is 33.1. The van der Waals surface area contributed by atoms with Crippen LogP contribution in [0.1, 0.15) is 57.1 Å². The van der Waals surface area contributed by atoms with Gasteiger partial charge in [0.25, 0.3) is 0 Å². The molecule has 2 aromatic carbocycles. The van der Waals surface area contributed by atoms with Gasteiger partial charge in [-0.05, 0) is 62.8 Å². The molecule has 2 saturated heterocycles. The van der Waals surface area contributed by atoms with Crippen LogP contribution >= 0.6 is 21.6 Å². The van der Waals surface area contributed by atoms with Crippen molar-refractivity contribution < 1.29 is 53.1 Å². The molecule has 392 valence electrons. The molecular weight excluding hydrogens is 977 g/mol. The highest BCUT2D eigenvalue weighted by Gasteiger charge is 2.41. The van der Waals surface area contributed by atoms with E-state index in [0.717, 1.165) is 21.6 Å². The molecule has 2 aliphatic heterocycles. The summed E-state index contributed by atoms with van der Waals surface area (Å²) < 4.78 is 0. The van der Waals surface area contributed by atoms with Crippen LogP contribution in [0.2, 0.25) is 0 Å². The number of carbonyl (C=O) groups excluding carboxylic acids is 10. The standard InChI is InChI=1S/C45H64N14O11S2/c1-45(2)43(70)57-31(20-34(47)61)39(66)56-32(42(69)59-17-7-11-33(59)41(68)53-28(10-6-16-51-44(49)50)37(64)52-21-35(48)62)23-72-71-22-27(46)36(63)54-29(19-25-12-14-26(60)15-13-25)38(65)55-30(40(67)58-45)18-24-8-4-3-5-9-24/h3-5,8-9,12-15,27-33,60H,6-7,10-11,16-23,46H2,1-2H3,(H2,47,61)(H2,48,62)(H,52,64)(H,53,68)(H,54,63)(H,55,65)(H,56,66)(H,57,70)(H,58,67)(H4,49,50,51)/t27-,28-,29?,30-,31?,32-,33-/m0/s1. The van der Waals surface area contributed by atoms with Crippen molar-refractivity contribution in [2.75, 3.05) is 31.1 Å². The molecule has 25 nitrogen and oxygen atoms in total. The normalized spacial score (nSPS) is 22.8. The topological polar surface area (TPSA) is 421 Å². The van der Waals surface area contributed by atoms with Crippen LogP contribution in [0.5, 0.6) is 5.75 Å². The zero-order chi connectivity index (χ0) is 53.1. The third-order valence-electron chi connectivity index (χ3n) is 11.3.